The zero-order valence-corrected chi connectivity index (χ0v) is 15.7. The van der Waals surface area contributed by atoms with Crippen molar-refractivity contribution in [3.63, 3.8) is 0 Å². The Kier molecular flexibility index (Phi) is 7.36. The number of nitrogens with zero attached hydrogens (tertiary/aromatic N) is 1. The van der Waals surface area contributed by atoms with Crippen LogP contribution < -0.4 is 21.1 Å². The maximum absolute atomic E-state index is 12.1. The molecule has 0 saturated carbocycles. The van der Waals surface area contributed by atoms with Crippen LogP contribution in [-0.4, -0.2) is 31.3 Å². The number of nitrogens with one attached hydrogen (secondary N) is 2. The first-order valence-electron chi connectivity index (χ1n) is 7.80. The molecule has 0 fully saturated rings. The molecule has 0 atom stereocenters. The lowest BCUT2D eigenvalue weighted by atomic mass is 10.2. The topological polar surface area (TPSA) is 88.7 Å². The summed E-state index contributed by atoms with van der Waals surface area (Å²) in [6, 6.07) is 9.50. The minimum absolute atomic E-state index is 0.0354. The molecule has 1 amide bonds. The highest BCUT2D eigenvalue weighted by Gasteiger charge is 2.30. The summed E-state index contributed by atoms with van der Waals surface area (Å²) in [4.78, 5) is 16.0. The standard InChI is InChI=1S/C17H15Cl2F3N4O2/c18-13-6-1-10(9-14(13)19)15(27)24-7-8-25-16(23)26-11-2-4-12(5-3-11)28-17(20,21)22/h1-6,9H,7-8H2,(H,24,27)(H3,23,25,26). The fourth-order valence-electron chi connectivity index (χ4n) is 2.01. The lowest BCUT2D eigenvalue weighted by Crippen LogP contribution is -2.28. The van der Waals surface area contributed by atoms with E-state index in [0.29, 0.717) is 16.3 Å². The number of hydrogen-bond donors (Lipinski definition) is 3. The second kappa shape index (κ2) is 9.52. The highest BCUT2D eigenvalue weighted by molar-refractivity contribution is 6.42. The van der Waals surface area contributed by atoms with Crippen LogP contribution in [0.4, 0.5) is 18.9 Å². The van der Waals surface area contributed by atoms with Gasteiger partial charge in [-0.25, -0.2) is 0 Å². The SMILES string of the molecule is NC(=NCCNC(=O)c1ccc(Cl)c(Cl)c1)Nc1ccc(OC(F)(F)F)cc1. The van der Waals surface area contributed by atoms with Gasteiger partial charge in [-0.2, -0.15) is 0 Å². The van der Waals surface area contributed by atoms with E-state index in [0.717, 1.165) is 12.1 Å². The van der Waals surface area contributed by atoms with Crippen molar-refractivity contribution in [2.45, 2.75) is 6.36 Å². The zero-order valence-electron chi connectivity index (χ0n) is 14.2. The third-order valence-corrected chi connectivity index (χ3v) is 3.96. The maximum atomic E-state index is 12.1. The van der Waals surface area contributed by atoms with E-state index >= 15 is 0 Å². The number of guanidine groups is 1. The molecule has 0 heterocycles. The molecule has 0 radical (unpaired) electrons. The first-order chi connectivity index (χ1) is 13.1. The number of benzene rings is 2. The summed E-state index contributed by atoms with van der Waals surface area (Å²) in [5, 5.41) is 5.97. The Hall–Kier alpha value is -2.65. The quantitative estimate of drug-likeness (QED) is 0.363. The summed E-state index contributed by atoms with van der Waals surface area (Å²) in [7, 11) is 0. The molecule has 2 aromatic carbocycles. The molecule has 0 aliphatic rings. The van der Waals surface area contributed by atoms with Gasteiger partial charge in [0.25, 0.3) is 5.91 Å². The predicted octanol–water partition coefficient (Wildman–Crippen LogP) is 4.05. The number of carbonyl (C=O) groups is 1. The van der Waals surface area contributed by atoms with Crippen molar-refractivity contribution in [3.8, 4) is 5.75 Å². The smallest absolute Gasteiger partial charge is 0.406 e. The van der Waals surface area contributed by atoms with Gasteiger partial charge < -0.3 is 21.1 Å². The average molecular weight is 435 g/mol. The Balaban J connectivity index is 1.79. The van der Waals surface area contributed by atoms with Gasteiger partial charge in [0.15, 0.2) is 5.96 Å². The fourth-order valence-corrected chi connectivity index (χ4v) is 2.31. The summed E-state index contributed by atoms with van der Waals surface area (Å²) in [6.07, 6.45) is -4.75. The van der Waals surface area contributed by atoms with E-state index in [1.807, 2.05) is 0 Å². The average Bonchev–Trinajstić information content (AvgIpc) is 2.61. The van der Waals surface area contributed by atoms with Crippen LogP contribution in [0.3, 0.4) is 0 Å². The molecule has 0 unspecified atom stereocenters. The van der Waals surface area contributed by atoms with E-state index < -0.39 is 6.36 Å². The molecule has 28 heavy (non-hydrogen) atoms. The molecular weight excluding hydrogens is 420 g/mol. The number of carbonyl (C=O) groups excluding carboxylic acids is 1. The Morgan fingerprint density at radius 3 is 2.39 bits per heavy atom. The van der Waals surface area contributed by atoms with Crippen molar-refractivity contribution in [2.24, 2.45) is 10.7 Å². The molecule has 2 aromatic rings. The van der Waals surface area contributed by atoms with Crippen LogP contribution in [-0.2, 0) is 0 Å². The normalized spacial score (nSPS) is 11.8. The van der Waals surface area contributed by atoms with Gasteiger partial charge in [0.05, 0.1) is 16.6 Å². The van der Waals surface area contributed by atoms with E-state index in [9.17, 15) is 18.0 Å². The minimum Gasteiger partial charge on any atom is -0.406 e. The number of hydrogen-bond acceptors (Lipinski definition) is 3. The molecule has 0 aromatic heterocycles. The molecule has 0 aliphatic heterocycles. The van der Waals surface area contributed by atoms with Crippen LogP contribution in [0.2, 0.25) is 10.0 Å². The van der Waals surface area contributed by atoms with E-state index in [1.54, 1.807) is 0 Å². The second-order valence-corrected chi connectivity index (χ2v) is 6.16. The Labute approximate surface area is 168 Å². The van der Waals surface area contributed by atoms with Crippen molar-refractivity contribution < 1.29 is 22.7 Å². The van der Waals surface area contributed by atoms with Crippen LogP contribution in [0.25, 0.3) is 0 Å². The van der Waals surface area contributed by atoms with Gasteiger partial charge in [-0.3, -0.25) is 9.79 Å². The number of amides is 1. The number of nitrogens with two attached hydrogens (primary N) is 1. The molecule has 0 aliphatic carbocycles. The molecule has 0 bridgehead atoms. The third-order valence-electron chi connectivity index (χ3n) is 3.22. The van der Waals surface area contributed by atoms with E-state index in [-0.39, 0.29) is 35.7 Å². The zero-order chi connectivity index (χ0) is 20.7. The van der Waals surface area contributed by atoms with Crippen LogP contribution in [0.1, 0.15) is 10.4 Å². The molecule has 150 valence electrons. The van der Waals surface area contributed by atoms with Crippen molar-refractivity contribution in [1.29, 1.82) is 0 Å². The molecule has 2 rings (SSSR count). The maximum Gasteiger partial charge on any atom is 0.573 e. The van der Waals surface area contributed by atoms with Gasteiger partial charge >= 0.3 is 6.36 Å². The van der Waals surface area contributed by atoms with Crippen molar-refractivity contribution in [3.05, 3.63) is 58.1 Å². The van der Waals surface area contributed by atoms with Crippen molar-refractivity contribution in [2.75, 3.05) is 18.4 Å². The third kappa shape index (κ3) is 7.16. The first-order valence-corrected chi connectivity index (χ1v) is 8.55. The molecule has 0 saturated heterocycles. The number of anilines is 1. The Morgan fingerprint density at radius 1 is 1.11 bits per heavy atom. The number of alkyl halides is 3. The summed E-state index contributed by atoms with van der Waals surface area (Å²) in [5.41, 5.74) is 6.47. The van der Waals surface area contributed by atoms with Gasteiger partial charge in [-0.05, 0) is 42.5 Å². The first kappa shape index (κ1) is 21.6. The lowest BCUT2D eigenvalue weighted by Gasteiger charge is -2.10. The van der Waals surface area contributed by atoms with Gasteiger partial charge in [-0.15, -0.1) is 13.2 Å². The van der Waals surface area contributed by atoms with E-state index in [4.69, 9.17) is 28.9 Å². The number of aliphatic imine (C=N–C) groups is 1. The number of halogens is 5. The van der Waals surface area contributed by atoms with Crippen LogP contribution >= 0.6 is 23.2 Å². The number of ether oxygens (including phenoxy) is 1. The Bertz CT molecular complexity index is 858. The highest BCUT2D eigenvalue weighted by Crippen LogP contribution is 2.24. The monoisotopic (exact) mass is 434 g/mol. The van der Waals surface area contributed by atoms with Gasteiger partial charge in [0, 0.05) is 17.8 Å². The summed E-state index contributed by atoms with van der Waals surface area (Å²) in [5.74, 6) is -0.660. The van der Waals surface area contributed by atoms with Crippen molar-refractivity contribution >= 4 is 40.8 Å². The van der Waals surface area contributed by atoms with Gasteiger partial charge in [0.1, 0.15) is 5.75 Å². The van der Waals surface area contributed by atoms with Crippen LogP contribution in [0.5, 0.6) is 5.75 Å². The van der Waals surface area contributed by atoms with Gasteiger partial charge in [0.2, 0.25) is 0 Å². The second-order valence-electron chi connectivity index (χ2n) is 5.35. The molecule has 11 heteroatoms. The molecule has 0 spiro atoms. The highest BCUT2D eigenvalue weighted by atomic mass is 35.5. The van der Waals surface area contributed by atoms with E-state index in [1.165, 1.54) is 30.3 Å². The molecule has 6 nitrogen and oxygen atoms in total. The molecular formula is C17H15Cl2F3N4O2. The van der Waals surface area contributed by atoms with Crippen molar-refractivity contribution in [1.82, 2.24) is 5.32 Å². The predicted molar refractivity (Wildman–Crippen MR) is 102 cm³/mol. The lowest BCUT2D eigenvalue weighted by molar-refractivity contribution is -0.274. The number of rotatable bonds is 6. The largest absolute Gasteiger partial charge is 0.573 e. The summed E-state index contributed by atoms with van der Waals surface area (Å²) in [6.45, 7) is 0.390. The summed E-state index contributed by atoms with van der Waals surface area (Å²) >= 11 is 11.6. The van der Waals surface area contributed by atoms with Crippen LogP contribution in [0, 0.1) is 0 Å². The molecule has 4 N–H and O–H groups in total. The fraction of sp³-hybridized carbons (Fsp3) is 0.176. The Morgan fingerprint density at radius 2 is 1.79 bits per heavy atom. The van der Waals surface area contributed by atoms with E-state index in [2.05, 4.69) is 20.4 Å². The van der Waals surface area contributed by atoms with Gasteiger partial charge in [-0.1, -0.05) is 23.2 Å². The minimum atomic E-state index is -4.75. The van der Waals surface area contributed by atoms with Crippen LogP contribution in [0.15, 0.2) is 47.5 Å². The summed E-state index contributed by atoms with van der Waals surface area (Å²) < 4.78 is 40.1.